The first-order valence-electron chi connectivity index (χ1n) is 6.33. The van der Waals surface area contributed by atoms with Crippen LogP contribution < -0.4 is 10.4 Å². The molecule has 0 saturated heterocycles. The monoisotopic (exact) mass is 260 g/mol. The lowest BCUT2D eigenvalue weighted by Gasteiger charge is -2.06. The summed E-state index contributed by atoms with van der Waals surface area (Å²) >= 11 is 0. The first-order valence-corrected chi connectivity index (χ1v) is 6.33. The van der Waals surface area contributed by atoms with Crippen molar-refractivity contribution in [3.05, 3.63) is 40.2 Å². The van der Waals surface area contributed by atoms with Crippen LogP contribution in [0.25, 0.3) is 11.0 Å². The molecule has 0 N–H and O–H groups in total. The summed E-state index contributed by atoms with van der Waals surface area (Å²) < 4.78 is 10.7. The maximum atomic E-state index is 11.6. The van der Waals surface area contributed by atoms with Crippen LogP contribution in [0.2, 0.25) is 0 Å². The minimum Gasteiger partial charge on any atom is -0.493 e. The molecule has 2 rings (SSSR count). The molecule has 0 radical (unpaired) electrons. The lowest BCUT2D eigenvalue weighted by atomic mass is 10.1. The molecule has 0 amide bonds. The molecule has 0 atom stereocenters. The normalized spacial score (nSPS) is 10.6. The molecule has 1 heterocycles. The van der Waals surface area contributed by atoms with Crippen molar-refractivity contribution >= 4 is 16.8 Å². The van der Waals surface area contributed by atoms with E-state index in [9.17, 15) is 9.59 Å². The summed E-state index contributed by atoms with van der Waals surface area (Å²) in [5, 5.41) is 0.715. The van der Waals surface area contributed by atoms with Gasteiger partial charge in [0.25, 0.3) is 0 Å². The van der Waals surface area contributed by atoms with Crippen LogP contribution in [-0.4, -0.2) is 12.4 Å². The average molecular weight is 260 g/mol. The van der Waals surface area contributed by atoms with Gasteiger partial charge < -0.3 is 9.15 Å². The zero-order valence-corrected chi connectivity index (χ0v) is 11.1. The van der Waals surface area contributed by atoms with Gasteiger partial charge in [-0.05, 0) is 31.5 Å². The van der Waals surface area contributed by atoms with Crippen LogP contribution >= 0.6 is 0 Å². The highest BCUT2D eigenvalue weighted by molar-refractivity contribution is 5.96. The van der Waals surface area contributed by atoms with Gasteiger partial charge in [0.2, 0.25) is 0 Å². The van der Waals surface area contributed by atoms with Gasteiger partial charge in [0, 0.05) is 11.5 Å². The summed E-state index contributed by atoms with van der Waals surface area (Å²) in [6.07, 6.45) is 2.04. The second kappa shape index (κ2) is 5.69. The van der Waals surface area contributed by atoms with E-state index in [1.165, 1.54) is 6.92 Å². The molecule has 19 heavy (non-hydrogen) atoms. The van der Waals surface area contributed by atoms with Gasteiger partial charge in [0.05, 0.1) is 6.61 Å². The Labute approximate surface area is 111 Å². The Bertz CT molecular complexity index is 655. The number of fused-ring (bicyclic) bond motifs is 1. The molecule has 0 spiro atoms. The van der Waals surface area contributed by atoms with Crippen LogP contribution in [0.1, 0.15) is 37.0 Å². The second-order valence-corrected chi connectivity index (χ2v) is 4.41. The summed E-state index contributed by atoms with van der Waals surface area (Å²) in [6, 6.07) is 6.82. The number of carbonyl (C=O) groups excluding carboxylic acids is 1. The molecule has 2 aromatic rings. The minimum absolute atomic E-state index is 0.0761. The van der Waals surface area contributed by atoms with Crippen molar-refractivity contribution in [1.29, 1.82) is 0 Å². The van der Waals surface area contributed by atoms with Crippen LogP contribution in [0, 0.1) is 0 Å². The van der Waals surface area contributed by atoms with Gasteiger partial charge in [-0.2, -0.15) is 0 Å². The summed E-state index contributed by atoms with van der Waals surface area (Å²) in [5.41, 5.74) is -0.0955. The van der Waals surface area contributed by atoms with Crippen LogP contribution in [0.15, 0.2) is 33.5 Å². The third-order valence-corrected chi connectivity index (χ3v) is 2.85. The van der Waals surface area contributed by atoms with Crippen molar-refractivity contribution in [3.63, 3.8) is 0 Å². The van der Waals surface area contributed by atoms with Gasteiger partial charge in [0.1, 0.15) is 16.9 Å². The average Bonchev–Trinajstić information content (AvgIpc) is 2.37. The zero-order chi connectivity index (χ0) is 13.8. The molecule has 100 valence electrons. The molecule has 4 heteroatoms. The van der Waals surface area contributed by atoms with E-state index >= 15 is 0 Å². The van der Waals surface area contributed by atoms with E-state index < -0.39 is 5.63 Å². The Hall–Kier alpha value is -2.10. The predicted molar refractivity (Wildman–Crippen MR) is 72.9 cm³/mol. The maximum Gasteiger partial charge on any atom is 0.347 e. The van der Waals surface area contributed by atoms with Crippen LogP contribution in [0.5, 0.6) is 5.75 Å². The molecule has 0 bridgehead atoms. The molecular formula is C15H16O4. The minimum atomic E-state index is -0.606. The third-order valence-electron chi connectivity index (χ3n) is 2.85. The number of unbranched alkanes of at least 4 members (excludes halogenated alkanes) is 1. The fourth-order valence-corrected chi connectivity index (χ4v) is 1.76. The fraction of sp³-hybridized carbons (Fsp3) is 0.333. The first kappa shape index (κ1) is 13.3. The Morgan fingerprint density at radius 2 is 2.11 bits per heavy atom. The molecule has 0 fully saturated rings. The van der Waals surface area contributed by atoms with E-state index in [1.807, 2.05) is 6.07 Å². The molecule has 0 aliphatic rings. The topological polar surface area (TPSA) is 56.5 Å². The number of ketones is 1. The maximum absolute atomic E-state index is 11.6. The smallest absolute Gasteiger partial charge is 0.347 e. The van der Waals surface area contributed by atoms with E-state index in [0.717, 1.165) is 12.8 Å². The van der Waals surface area contributed by atoms with Crippen molar-refractivity contribution < 1.29 is 13.9 Å². The van der Waals surface area contributed by atoms with Gasteiger partial charge >= 0.3 is 5.63 Å². The van der Waals surface area contributed by atoms with Gasteiger partial charge in [-0.1, -0.05) is 13.3 Å². The molecule has 0 aliphatic carbocycles. The van der Waals surface area contributed by atoms with E-state index in [4.69, 9.17) is 9.15 Å². The van der Waals surface area contributed by atoms with Crippen molar-refractivity contribution in [2.75, 3.05) is 6.61 Å². The van der Waals surface area contributed by atoms with Gasteiger partial charge in [-0.25, -0.2) is 4.79 Å². The summed E-state index contributed by atoms with van der Waals surface area (Å²) in [5.74, 6) is 0.374. The number of hydrogen-bond donors (Lipinski definition) is 0. The van der Waals surface area contributed by atoms with Crippen molar-refractivity contribution in [1.82, 2.24) is 0 Å². The van der Waals surface area contributed by atoms with Crippen molar-refractivity contribution in [3.8, 4) is 5.75 Å². The Morgan fingerprint density at radius 1 is 1.32 bits per heavy atom. The highest BCUT2D eigenvalue weighted by Gasteiger charge is 2.09. The number of carbonyl (C=O) groups is 1. The molecule has 0 unspecified atom stereocenters. The van der Waals surface area contributed by atoms with Crippen LogP contribution in [0.3, 0.4) is 0 Å². The number of ether oxygens (including phenoxy) is 1. The standard InChI is InChI=1S/C15H16O4/c1-3-4-7-18-12-6-5-11-8-13(10(2)16)15(17)19-14(11)9-12/h5-6,8-9H,3-4,7H2,1-2H3. The third kappa shape index (κ3) is 3.02. The number of Topliss-reactive ketones (excluding diaryl/α,β-unsaturated/α-hetero) is 1. The summed E-state index contributed by atoms with van der Waals surface area (Å²) in [7, 11) is 0. The number of benzene rings is 1. The summed E-state index contributed by atoms with van der Waals surface area (Å²) in [6.45, 7) is 4.07. The molecule has 1 aromatic carbocycles. The molecule has 0 aliphatic heterocycles. The van der Waals surface area contributed by atoms with Crippen LogP contribution in [-0.2, 0) is 0 Å². The van der Waals surface area contributed by atoms with Crippen LogP contribution in [0.4, 0.5) is 0 Å². The fourth-order valence-electron chi connectivity index (χ4n) is 1.76. The summed E-state index contributed by atoms with van der Waals surface area (Å²) in [4.78, 5) is 22.9. The Morgan fingerprint density at radius 3 is 2.79 bits per heavy atom. The second-order valence-electron chi connectivity index (χ2n) is 4.41. The largest absolute Gasteiger partial charge is 0.493 e. The van der Waals surface area contributed by atoms with E-state index in [2.05, 4.69) is 6.92 Å². The number of rotatable bonds is 5. The predicted octanol–water partition coefficient (Wildman–Crippen LogP) is 3.17. The van der Waals surface area contributed by atoms with Crippen molar-refractivity contribution in [2.24, 2.45) is 0 Å². The SMILES string of the molecule is CCCCOc1ccc2cc(C(C)=O)c(=O)oc2c1. The quantitative estimate of drug-likeness (QED) is 0.470. The Kier molecular flexibility index (Phi) is 4.00. The molecule has 1 aromatic heterocycles. The van der Waals surface area contributed by atoms with Gasteiger partial charge in [-0.15, -0.1) is 0 Å². The first-order chi connectivity index (χ1) is 9.11. The molecule has 4 nitrogen and oxygen atoms in total. The van der Waals surface area contributed by atoms with Gasteiger partial charge in [-0.3, -0.25) is 4.79 Å². The highest BCUT2D eigenvalue weighted by Crippen LogP contribution is 2.20. The highest BCUT2D eigenvalue weighted by atomic mass is 16.5. The lowest BCUT2D eigenvalue weighted by molar-refractivity contribution is 0.101. The van der Waals surface area contributed by atoms with Gasteiger partial charge in [0.15, 0.2) is 5.78 Å². The molecular weight excluding hydrogens is 244 g/mol. The van der Waals surface area contributed by atoms with E-state index in [0.29, 0.717) is 23.3 Å². The van der Waals surface area contributed by atoms with Crippen molar-refractivity contribution in [2.45, 2.75) is 26.7 Å². The number of hydrogen-bond acceptors (Lipinski definition) is 4. The van der Waals surface area contributed by atoms with E-state index in [-0.39, 0.29) is 11.3 Å². The Balaban J connectivity index is 2.36. The lowest BCUT2D eigenvalue weighted by Crippen LogP contribution is -2.10. The molecule has 0 saturated carbocycles. The zero-order valence-electron chi connectivity index (χ0n) is 11.1. The van der Waals surface area contributed by atoms with E-state index in [1.54, 1.807) is 18.2 Å².